The van der Waals surface area contributed by atoms with Crippen molar-refractivity contribution in [3.05, 3.63) is 41.4 Å². The van der Waals surface area contributed by atoms with Crippen molar-refractivity contribution >= 4 is 29.2 Å². The van der Waals surface area contributed by atoms with E-state index in [1.54, 1.807) is 17.0 Å². The maximum Gasteiger partial charge on any atom is 0.319 e. The molecule has 6 heteroatoms. The van der Waals surface area contributed by atoms with Crippen LogP contribution < -0.4 is 10.6 Å². The smallest absolute Gasteiger partial charge is 0.319 e. The van der Waals surface area contributed by atoms with Gasteiger partial charge < -0.3 is 15.5 Å². The fourth-order valence-electron chi connectivity index (χ4n) is 2.69. The predicted molar refractivity (Wildman–Crippen MR) is 92.7 cm³/mol. The Morgan fingerprint density at radius 3 is 3.00 bits per heavy atom. The molecular weight excluding hydrogens is 314 g/mol. The highest BCUT2D eigenvalue weighted by atomic mass is 35.5. The Bertz CT molecular complexity index is 604. The van der Waals surface area contributed by atoms with Crippen LogP contribution in [0, 0.1) is 12.8 Å². The van der Waals surface area contributed by atoms with Crippen molar-refractivity contribution in [3.8, 4) is 0 Å². The van der Waals surface area contributed by atoms with E-state index < -0.39 is 0 Å². The van der Waals surface area contributed by atoms with Crippen LogP contribution in [-0.4, -0.2) is 36.5 Å². The molecular formula is C17H22ClN3O2. The average molecular weight is 336 g/mol. The van der Waals surface area contributed by atoms with Crippen molar-refractivity contribution in [2.45, 2.75) is 19.8 Å². The molecule has 0 aromatic heterocycles. The molecule has 0 bridgehead atoms. The summed E-state index contributed by atoms with van der Waals surface area (Å²) in [7, 11) is 0. The van der Waals surface area contributed by atoms with Crippen LogP contribution in [0.3, 0.4) is 0 Å². The number of amides is 3. The lowest BCUT2D eigenvalue weighted by Gasteiger charge is -2.32. The minimum absolute atomic E-state index is 0.0475. The summed E-state index contributed by atoms with van der Waals surface area (Å²) in [5.41, 5.74) is 1.65. The number of benzene rings is 1. The average Bonchev–Trinajstić information content (AvgIpc) is 2.56. The molecule has 3 amide bonds. The number of piperidine rings is 1. The number of hydrogen-bond acceptors (Lipinski definition) is 2. The van der Waals surface area contributed by atoms with Crippen molar-refractivity contribution in [1.29, 1.82) is 0 Å². The van der Waals surface area contributed by atoms with E-state index in [0.29, 0.717) is 23.8 Å². The lowest BCUT2D eigenvalue weighted by Crippen LogP contribution is -2.43. The SMILES string of the molecule is C=CC(=O)N1CCCC(CNC(=O)Nc2cc(Cl)ccc2C)C1. The van der Waals surface area contributed by atoms with Crippen LogP contribution in [-0.2, 0) is 4.79 Å². The summed E-state index contributed by atoms with van der Waals surface area (Å²) in [6, 6.07) is 5.11. The number of halogens is 1. The Balaban J connectivity index is 1.83. The van der Waals surface area contributed by atoms with Gasteiger partial charge in [-0.25, -0.2) is 4.79 Å². The number of aryl methyl sites for hydroxylation is 1. The highest BCUT2D eigenvalue weighted by Crippen LogP contribution is 2.20. The lowest BCUT2D eigenvalue weighted by molar-refractivity contribution is -0.127. The van der Waals surface area contributed by atoms with Gasteiger partial charge in [-0.3, -0.25) is 4.79 Å². The molecule has 1 aromatic rings. The fourth-order valence-corrected chi connectivity index (χ4v) is 2.87. The maximum atomic E-state index is 12.0. The van der Waals surface area contributed by atoms with Gasteiger partial charge in [0.2, 0.25) is 5.91 Å². The molecule has 2 rings (SSSR count). The molecule has 1 unspecified atom stereocenters. The normalized spacial score (nSPS) is 17.5. The minimum atomic E-state index is -0.262. The second-order valence-corrected chi connectivity index (χ2v) is 6.23. The number of anilines is 1. The van der Waals surface area contributed by atoms with Crippen molar-refractivity contribution in [2.75, 3.05) is 25.0 Å². The van der Waals surface area contributed by atoms with Crippen molar-refractivity contribution in [3.63, 3.8) is 0 Å². The quantitative estimate of drug-likeness (QED) is 0.830. The molecule has 23 heavy (non-hydrogen) atoms. The molecule has 0 radical (unpaired) electrons. The zero-order chi connectivity index (χ0) is 16.8. The van der Waals surface area contributed by atoms with E-state index >= 15 is 0 Å². The molecule has 1 saturated heterocycles. The molecule has 1 aliphatic rings. The van der Waals surface area contributed by atoms with Gasteiger partial charge in [-0.05, 0) is 49.5 Å². The Morgan fingerprint density at radius 2 is 2.26 bits per heavy atom. The van der Waals surface area contributed by atoms with Crippen molar-refractivity contribution < 1.29 is 9.59 Å². The third-order valence-electron chi connectivity index (χ3n) is 4.00. The molecule has 0 spiro atoms. The summed E-state index contributed by atoms with van der Waals surface area (Å²) in [4.78, 5) is 25.5. The Morgan fingerprint density at radius 1 is 1.48 bits per heavy atom. The van der Waals surface area contributed by atoms with Crippen LogP contribution in [0.5, 0.6) is 0 Å². The molecule has 2 N–H and O–H groups in total. The first-order chi connectivity index (χ1) is 11.0. The summed E-state index contributed by atoms with van der Waals surface area (Å²) in [6.07, 6.45) is 3.28. The van der Waals surface area contributed by atoms with Gasteiger partial charge in [-0.15, -0.1) is 0 Å². The number of nitrogens with one attached hydrogen (secondary N) is 2. The number of likely N-dealkylation sites (tertiary alicyclic amines) is 1. The zero-order valence-electron chi connectivity index (χ0n) is 13.3. The first-order valence-electron chi connectivity index (χ1n) is 7.72. The number of rotatable bonds is 4. The molecule has 1 aliphatic heterocycles. The number of hydrogen-bond donors (Lipinski definition) is 2. The molecule has 1 heterocycles. The number of nitrogens with zero attached hydrogens (tertiary/aromatic N) is 1. The van der Waals surface area contributed by atoms with Crippen LogP contribution >= 0.6 is 11.6 Å². The summed E-state index contributed by atoms with van der Waals surface area (Å²) in [5.74, 6) is 0.215. The van der Waals surface area contributed by atoms with Gasteiger partial charge in [0.05, 0.1) is 0 Å². The number of carbonyl (C=O) groups is 2. The van der Waals surface area contributed by atoms with Crippen molar-refractivity contribution in [2.24, 2.45) is 5.92 Å². The van der Waals surface area contributed by atoms with Gasteiger partial charge in [0, 0.05) is 30.3 Å². The van der Waals surface area contributed by atoms with Crippen LogP contribution in [0.15, 0.2) is 30.9 Å². The highest BCUT2D eigenvalue weighted by Gasteiger charge is 2.22. The molecule has 1 atom stereocenters. The highest BCUT2D eigenvalue weighted by molar-refractivity contribution is 6.31. The summed E-state index contributed by atoms with van der Waals surface area (Å²) < 4.78 is 0. The topological polar surface area (TPSA) is 61.4 Å². The van der Waals surface area contributed by atoms with Crippen LogP contribution in [0.25, 0.3) is 0 Å². The monoisotopic (exact) mass is 335 g/mol. The second-order valence-electron chi connectivity index (χ2n) is 5.79. The van der Waals surface area contributed by atoms with Crippen LogP contribution in [0.2, 0.25) is 5.02 Å². The van der Waals surface area contributed by atoms with Crippen LogP contribution in [0.1, 0.15) is 18.4 Å². The van der Waals surface area contributed by atoms with E-state index in [1.807, 2.05) is 13.0 Å². The molecule has 0 saturated carbocycles. The van der Waals surface area contributed by atoms with E-state index in [1.165, 1.54) is 6.08 Å². The number of carbonyl (C=O) groups excluding carboxylic acids is 2. The van der Waals surface area contributed by atoms with Gasteiger partial charge in [-0.2, -0.15) is 0 Å². The van der Waals surface area contributed by atoms with Crippen LogP contribution in [0.4, 0.5) is 10.5 Å². The first kappa shape index (κ1) is 17.3. The largest absolute Gasteiger partial charge is 0.339 e. The van der Waals surface area contributed by atoms with E-state index in [9.17, 15) is 9.59 Å². The molecule has 5 nitrogen and oxygen atoms in total. The molecule has 124 valence electrons. The Kier molecular flexibility index (Phi) is 6.04. The standard InChI is InChI=1S/C17H22ClN3O2/c1-3-16(22)21-8-4-5-13(11-21)10-19-17(23)20-15-9-14(18)7-6-12(15)2/h3,6-7,9,13H,1,4-5,8,10-11H2,2H3,(H2,19,20,23). The van der Waals surface area contributed by atoms with E-state index in [2.05, 4.69) is 17.2 Å². The molecule has 1 aromatic carbocycles. The van der Waals surface area contributed by atoms with Gasteiger partial charge >= 0.3 is 6.03 Å². The third-order valence-corrected chi connectivity index (χ3v) is 4.24. The summed E-state index contributed by atoms with van der Waals surface area (Å²) >= 11 is 5.94. The summed E-state index contributed by atoms with van der Waals surface area (Å²) in [6.45, 7) is 7.37. The minimum Gasteiger partial charge on any atom is -0.339 e. The molecule has 1 fully saturated rings. The van der Waals surface area contributed by atoms with Crippen molar-refractivity contribution in [1.82, 2.24) is 10.2 Å². The first-order valence-corrected chi connectivity index (χ1v) is 8.09. The van der Waals surface area contributed by atoms with E-state index in [4.69, 9.17) is 11.6 Å². The van der Waals surface area contributed by atoms with E-state index in [0.717, 1.165) is 24.9 Å². The van der Waals surface area contributed by atoms with Gasteiger partial charge in [0.15, 0.2) is 0 Å². The Labute approximate surface area is 141 Å². The maximum absolute atomic E-state index is 12.0. The number of urea groups is 1. The zero-order valence-corrected chi connectivity index (χ0v) is 14.0. The summed E-state index contributed by atoms with van der Waals surface area (Å²) in [5, 5.41) is 6.25. The van der Waals surface area contributed by atoms with Gasteiger partial charge in [-0.1, -0.05) is 24.2 Å². The fraction of sp³-hybridized carbons (Fsp3) is 0.412. The van der Waals surface area contributed by atoms with E-state index in [-0.39, 0.29) is 17.9 Å². The molecule has 0 aliphatic carbocycles. The van der Waals surface area contributed by atoms with Gasteiger partial charge in [0.25, 0.3) is 0 Å². The Hall–Kier alpha value is -2.01. The lowest BCUT2D eigenvalue weighted by atomic mass is 9.98. The third kappa shape index (κ3) is 4.99. The van der Waals surface area contributed by atoms with Gasteiger partial charge in [0.1, 0.15) is 0 Å². The second kappa shape index (κ2) is 8.02. The predicted octanol–water partition coefficient (Wildman–Crippen LogP) is 3.19.